The number of nitrogens with zero attached hydrogens (tertiary/aromatic N) is 4. The Balaban J connectivity index is 1.38. The summed E-state index contributed by atoms with van der Waals surface area (Å²) in [5, 5.41) is 12.6. The van der Waals surface area contributed by atoms with Crippen LogP contribution in [0.4, 0.5) is 5.13 Å². The van der Waals surface area contributed by atoms with Crippen molar-refractivity contribution in [2.75, 3.05) is 63.7 Å². The molecule has 2 aromatic rings. The van der Waals surface area contributed by atoms with Gasteiger partial charge in [-0.25, -0.2) is 0 Å². The van der Waals surface area contributed by atoms with Crippen LogP contribution in [0.15, 0.2) is 28.6 Å². The minimum atomic E-state index is -0.0632. The van der Waals surface area contributed by atoms with E-state index in [4.69, 9.17) is 21.1 Å². The quantitative estimate of drug-likeness (QED) is 0.402. The summed E-state index contributed by atoms with van der Waals surface area (Å²) in [5.41, 5.74) is 0. The van der Waals surface area contributed by atoms with E-state index in [9.17, 15) is 9.59 Å². The fraction of sp³-hybridized carbons (Fsp3) is 0.474. The Kier molecular flexibility index (Phi) is 9.19. The highest BCUT2D eigenvalue weighted by Gasteiger charge is 2.23. The number of thioether (sulfide) groups is 1. The van der Waals surface area contributed by atoms with Crippen LogP contribution in [0.2, 0.25) is 5.02 Å². The van der Waals surface area contributed by atoms with Gasteiger partial charge in [0, 0.05) is 44.9 Å². The molecule has 1 N–H and O–H groups in total. The molecule has 0 aliphatic carbocycles. The minimum Gasteiger partial charge on any atom is -0.484 e. The standard InChI is InChI=1S/C19H24ClN5O4S2/c1-28-11-6-21-16(26)13-30-19-23-22-18(31-19)25-9-7-24(8-10-25)17(27)12-29-15-4-2-14(20)3-5-15/h2-5H,6-13H2,1H3,(H,21,26). The van der Waals surface area contributed by atoms with E-state index < -0.39 is 0 Å². The smallest absolute Gasteiger partial charge is 0.260 e. The summed E-state index contributed by atoms with van der Waals surface area (Å²) in [6.45, 7) is 3.49. The molecule has 12 heteroatoms. The highest BCUT2D eigenvalue weighted by atomic mass is 35.5. The van der Waals surface area contributed by atoms with E-state index in [1.807, 2.05) is 0 Å². The fourth-order valence-electron chi connectivity index (χ4n) is 2.77. The third-order valence-electron chi connectivity index (χ3n) is 4.43. The van der Waals surface area contributed by atoms with Crippen molar-refractivity contribution >= 4 is 51.6 Å². The molecule has 1 aliphatic rings. The molecular weight excluding hydrogens is 462 g/mol. The van der Waals surface area contributed by atoms with Gasteiger partial charge in [0.05, 0.1) is 12.4 Å². The molecule has 1 aromatic heterocycles. The predicted molar refractivity (Wildman–Crippen MR) is 121 cm³/mol. The van der Waals surface area contributed by atoms with Crippen molar-refractivity contribution in [1.82, 2.24) is 20.4 Å². The summed E-state index contributed by atoms with van der Waals surface area (Å²) >= 11 is 8.66. The zero-order valence-electron chi connectivity index (χ0n) is 17.1. The van der Waals surface area contributed by atoms with Gasteiger partial charge in [0.1, 0.15) is 5.75 Å². The second-order valence-corrected chi connectivity index (χ2v) is 9.21. The Morgan fingerprint density at radius 1 is 1.19 bits per heavy atom. The molecule has 1 saturated heterocycles. The number of rotatable bonds is 10. The van der Waals surface area contributed by atoms with Crippen molar-refractivity contribution in [1.29, 1.82) is 0 Å². The van der Waals surface area contributed by atoms with Gasteiger partial charge in [-0.2, -0.15) is 0 Å². The number of hydrogen-bond donors (Lipinski definition) is 1. The SMILES string of the molecule is COCCNC(=O)CSc1nnc(N2CCN(C(=O)COc3ccc(Cl)cc3)CC2)s1. The van der Waals surface area contributed by atoms with Gasteiger partial charge in [-0.1, -0.05) is 34.7 Å². The van der Waals surface area contributed by atoms with E-state index in [1.165, 1.54) is 23.1 Å². The van der Waals surface area contributed by atoms with Crippen LogP contribution in [0.3, 0.4) is 0 Å². The highest BCUT2D eigenvalue weighted by Crippen LogP contribution is 2.28. The molecule has 168 valence electrons. The highest BCUT2D eigenvalue weighted by molar-refractivity contribution is 8.01. The largest absolute Gasteiger partial charge is 0.484 e. The Bertz CT molecular complexity index is 859. The monoisotopic (exact) mass is 485 g/mol. The molecule has 0 radical (unpaired) electrons. The summed E-state index contributed by atoms with van der Waals surface area (Å²) in [5.74, 6) is 0.783. The van der Waals surface area contributed by atoms with Crippen LogP contribution in [-0.4, -0.2) is 85.7 Å². The Labute approximate surface area is 194 Å². The first-order valence-electron chi connectivity index (χ1n) is 9.68. The Morgan fingerprint density at radius 2 is 1.94 bits per heavy atom. The zero-order chi connectivity index (χ0) is 22.1. The van der Waals surface area contributed by atoms with Gasteiger partial charge < -0.3 is 24.6 Å². The molecule has 0 bridgehead atoms. The number of benzene rings is 1. The van der Waals surface area contributed by atoms with Crippen LogP contribution in [-0.2, 0) is 14.3 Å². The maximum Gasteiger partial charge on any atom is 0.260 e. The van der Waals surface area contributed by atoms with Gasteiger partial charge in [-0.15, -0.1) is 10.2 Å². The first kappa shape index (κ1) is 23.6. The number of ether oxygens (including phenoxy) is 2. The topological polar surface area (TPSA) is 96.9 Å². The average molecular weight is 486 g/mol. The molecule has 3 rings (SSSR count). The van der Waals surface area contributed by atoms with Crippen LogP contribution in [0.25, 0.3) is 0 Å². The molecule has 0 saturated carbocycles. The molecule has 1 fully saturated rings. The number of carbonyl (C=O) groups is 2. The molecule has 2 amide bonds. The Hall–Kier alpha value is -2.08. The molecule has 31 heavy (non-hydrogen) atoms. The van der Waals surface area contributed by atoms with Gasteiger partial charge >= 0.3 is 0 Å². The third kappa shape index (κ3) is 7.53. The summed E-state index contributed by atoms with van der Waals surface area (Å²) in [6.07, 6.45) is 0. The predicted octanol–water partition coefficient (Wildman–Crippen LogP) is 1.77. The molecule has 2 heterocycles. The lowest BCUT2D eigenvalue weighted by Gasteiger charge is -2.34. The lowest BCUT2D eigenvalue weighted by atomic mass is 10.3. The first-order chi connectivity index (χ1) is 15.0. The average Bonchev–Trinajstić information content (AvgIpc) is 3.26. The molecule has 9 nitrogen and oxygen atoms in total. The second kappa shape index (κ2) is 12.1. The van der Waals surface area contributed by atoms with Crippen molar-refractivity contribution in [2.45, 2.75) is 4.34 Å². The summed E-state index contributed by atoms with van der Waals surface area (Å²) < 4.78 is 11.2. The Morgan fingerprint density at radius 3 is 2.65 bits per heavy atom. The maximum absolute atomic E-state index is 12.4. The molecule has 1 aliphatic heterocycles. The van der Waals surface area contributed by atoms with Crippen LogP contribution in [0.1, 0.15) is 0 Å². The van der Waals surface area contributed by atoms with E-state index >= 15 is 0 Å². The van der Waals surface area contributed by atoms with E-state index in [0.717, 1.165) is 9.47 Å². The van der Waals surface area contributed by atoms with E-state index in [0.29, 0.717) is 50.1 Å². The van der Waals surface area contributed by atoms with Crippen molar-refractivity contribution in [2.24, 2.45) is 0 Å². The lowest BCUT2D eigenvalue weighted by Crippen LogP contribution is -2.50. The van der Waals surface area contributed by atoms with Gasteiger partial charge in [0.2, 0.25) is 11.0 Å². The van der Waals surface area contributed by atoms with Crippen LogP contribution < -0.4 is 15.0 Å². The number of methoxy groups -OCH3 is 1. The summed E-state index contributed by atoms with van der Waals surface area (Å²) in [7, 11) is 1.59. The third-order valence-corrected chi connectivity index (χ3v) is 6.80. The molecule has 0 spiro atoms. The van der Waals surface area contributed by atoms with Crippen molar-refractivity contribution < 1.29 is 19.1 Å². The number of nitrogens with one attached hydrogen (secondary N) is 1. The number of amides is 2. The normalized spacial score (nSPS) is 13.9. The number of hydrogen-bond acceptors (Lipinski definition) is 9. The lowest BCUT2D eigenvalue weighted by molar-refractivity contribution is -0.133. The van der Waals surface area contributed by atoms with E-state index in [1.54, 1.807) is 36.3 Å². The zero-order valence-corrected chi connectivity index (χ0v) is 19.5. The van der Waals surface area contributed by atoms with Crippen LogP contribution in [0, 0.1) is 0 Å². The first-order valence-corrected chi connectivity index (χ1v) is 11.9. The molecule has 1 aromatic carbocycles. The number of carbonyl (C=O) groups excluding carboxylic acids is 2. The van der Waals surface area contributed by atoms with Gasteiger partial charge in [0.15, 0.2) is 10.9 Å². The minimum absolute atomic E-state index is 0.00628. The number of aromatic nitrogens is 2. The molecule has 0 atom stereocenters. The number of anilines is 1. The summed E-state index contributed by atoms with van der Waals surface area (Å²) in [6, 6.07) is 6.93. The second-order valence-electron chi connectivity index (χ2n) is 6.59. The van der Waals surface area contributed by atoms with Crippen molar-refractivity contribution in [3.8, 4) is 5.75 Å². The van der Waals surface area contributed by atoms with Crippen LogP contribution >= 0.6 is 34.7 Å². The molecular formula is C19H24ClN5O4S2. The number of halogens is 1. The molecule has 0 unspecified atom stereocenters. The van der Waals surface area contributed by atoms with Gasteiger partial charge in [-0.05, 0) is 24.3 Å². The van der Waals surface area contributed by atoms with Crippen molar-refractivity contribution in [3.63, 3.8) is 0 Å². The van der Waals surface area contributed by atoms with Gasteiger partial charge in [-0.3, -0.25) is 9.59 Å². The van der Waals surface area contributed by atoms with Gasteiger partial charge in [0.25, 0.3) is 5.91 Å². The van der Waals surface area contributed by atoms with Crippen LogP contribution in [0.5, 0.6) is 5.75 Å². The summed E-state index contributed by atoms with van der Waals surface area (Å²) in [4.78, 5) is 28.1. The maximum atomic E-state index is 12.4. The van der Waals surface area contributed by atoms with E-state index in [2.05, 4.69) is 20.4 Å². The van der Waals surface area contributed by atoms with E-state index in [-0.39, 0.29) is 24.2 Å². The van der Waals surface area contributed by atoms with Crippen molar-refractivity contribution in [3.05, 3.63) is 29.3 Å². The number of piperazine rings is 1. The fourth-order valence-corrected chi connectivity index (χ4v) is 4.62.